The molecule has 0 aliphatic heterocycles. The van der Waals surface area contributed by atoms with Crippen molar-refractivity contribution in [3.05, 3.63) is 32.8 Å². The van der Waals surface area contributed by atoms with Crippen LogP contribution in [0.5, 0.6) is 0 Å². The van der Waals surface area contributed by atoms with Crippen LogP contribution in [0.25, 0.3) is 10.7 Å². The van der Waals surface area contributed by atoms with Gasteiger partial charge in [0.25, 0.3) is 0 Å². The van der Waals surface area contributed by atoms with E-state index >= 15 is 0 Å². The SMILES string of the molecule is Brc1cnc(-c2nccs2)c(Br)c1. The Labute approximate surface area is 96.3 Å². The molecule has 13 heavy (non-hydrogen) atoms. The minimum atomic E-state index is 0.887. The largest absolute Gasteiger partial charge is 0.251 e. The van der Waals surface area contributed by atoms with Crippen LogP contribution in [0.1, 0.15) is 0 Å². The second-order valence-corrected chi connectivity index (χ2v) is 4.99. The van der Waals surface area contributed by atoms with E-state index in [-0.39, 0.29) is 0 Å². The van der Waals surface area contributed by atoms with Gasteiger partial charge in [-0.15, -0.1) is 11.3 Å². The lowest BCUT2D eigenvalue weighted by Gasteiger charge is -1.98. The molecular formula is C8H4Br2N2S. The molecule has 0 saturated carbocycles. The van der Waals surface area contributed by atoms with Gasteiger partial charge in [0.1, 0.15) is 10.7 Å². The van der Waals surface area contributed by atoms with E-state index in [1.165, 1.54) is 0 Å². The molecule has 0 aliphatic carbocycles. The van der Waals surface area contributed by atoms with Crippen molar-refractivity contribution < 1.29 is 0 Å². The highest BCUT2D eigenvalue weighted by Gasteiger charge is 2.06. The van der Waals surface area contributed by atoms with E-state index in [0.29, 0.717) is 0 Å². The van der Waals surface area contributed by atoms with Gasteiger partial charge >= 0.3 is 0 Å². The highest BCUT2D eigenvalue weighted by molar-refractivity contribution is 9.11. The van der Waals surface area contributed by atoms with Crippen molar-refractivity contribution >= 4 is 43.2 Å². The number of hydrogen-bond donors (Lipinski definition) is 0. The molecule has 0 atom stereocenters. The molecule has 0 unspecified atom stereocenters. The molecule has 0 saturated heterocycles. The lowest BCUT2D eigenvalue weighted by atomic mass is 10.4. The second-order valence-electron chi connectivity index (χ2n) is 2.32. The topological polar surface area (TPSA) is 25.8 Å². The zero-order chi connectivity index (χ0) is 9.26. The summed E-state index contributed by atoms with van der Waals surface area (Å²) in [6.45, 7) is 0. The molecule has 5 heteroatoms. The first-order valence-electron chi connectivity index (χ1n) is 3.48. The van der Waals surface area contributed by atoms with E-state index in [1.54, 1.807) is 23.7 Å². The van der Waals surface area contributed by atoms with Gasteiger partial charge in [-0.3, -0.25) is 4.98 Å². The second kappa shape index (κ2) is 3.86. The summed E-state index contributed by atoms with van der Waals surface area (Å²) in [4.78, 5) is 8.46. The Hall–Kier alpha value is -0.260. The van der Waals surface area contributed by atoms with Gasteiger partial charge in [-0.25, -0.2) is 4.98 Å². The molecule has 0 amide bonds. The van der Waals surface area contributed by atoms with Crippen LogP contribution in [0.4, 0.5) is 0 Å². The molecule has 0 aliphatic rings. The van der Waals surface area contributed by atoms with Gasteiger partial charge in [-0.1, -0.05) is 0 Å². The van der Waals surface area contributed by atoms with Crippen molar-refractivity contribution in [3.8, 4) is 10.7 Å². The molecule has 2 aromatic heterocycles. The van der Waals surface area contributed by atoms with Crippen LogP contribution >= 0.6 is 43.2 Å². The Morgan fingerprint density at radius 3 is 2.69 bits per heavy atom. The number of hydrogen-bond acceptors (Lipinski definition) is 3. The summed E-state index contributed by atoms with van der Waals surface area (Å²) >= 11 is 8.37. The average Bonchev–Trinajstić information content (AvgIpc) is 2.56. The summed E-state index contributed by atoms with van der Waals surface area (Å²) < 4.78 is 1.91. The van der Waals surface area contributed by atoms with Crippen LogP contribution in [0.3, 0.4) is 0 Å². The molecule has 2 nitrogen and oxygen atoms in total. The van der Waals surface area contributed by atoms with Gasteiger partial charge in [0.15, 0.2) is 0 Å². The molecule has 2 rings (SSSR count). The fourth-order valence-corrected chi connectivity index (χ4v) is 2.87. The van der Waals surface area contributed by atoms with E-state index in [4.69, 9.17) is 0 Å². The Kier molecular flexibility index (Phi) is 2.76. The molecule has 0 aromatic carbocycles. The number of nitrogens with zero attached hydrogens (tertiary/aromatic N) is 2. The van der Waals surface area contributed by atoms with Crippen LogP contribution in [0.15, 0.2) is 32.8 Å². The van der Waals surface area contributed by atoms with Gasteiger partial charge in [0.2, 0.25) is 0 Å². The standard InChI is InChI=1S/C8H4Br2N2S/c9-5-3-6(10)7(12-4-5)8-11-1-2-13-8/h1-4H. The third-order valence-corrected chi connectivity index (χ3v) is 3.26. The predicted octanol–water partition coefficient (Wildman–Crippen LogP) is 3.73. The van der Waals surface area contributed by atoms with Crippen molar-refractivity contribution in [1.82, 2.24) is 9.97 Å². The highest BCUT2D eigenvalue weighted by atomic mass is 79.9. The predicted molar refractivity (Wildman–Crippen MR) is 60.7 cm³/mol. The van der Waals surface area contributed by atoms with Crippen molar-refractivity contribution in [3.63, 3.8) is 0 Å². The third-order valence-electron chi connectivity index (χ3n) is 1.44. The fraction of sp³-hybridized carbons (Fsp3) is 0. The Morgan fingerprint density at radius 1 is 1.23 bits per heavy atom. The maximum absolute atomic E-state index is 4.27. The van der Waals surface area contributed by atoms with E-state index in [0.717, 1.165) is 19.6 Å². The van der Waals surface area contributed by atoms with E-state index in [2.05, 4.69) is 41.8 Å². The molecule has 2 aromatic rings. The Morgan fingerprint density at radius 2 is 2.08 bits per heavy atom. The van der Waals surface area contributed by atoms with Gasteiger partial charge in [-0.05, 0) is 37.9 Å². The van der Waals surface area contributed by atoms with Gasteiger partial charge in [0, 0.05) is 26.7 Å². The summed E-state index contributed by atoms with van der Waals surface area (Å²) in [7, 11) is 0. The zero-order valence-electron chi connectivity index (χ0n) is 6.37. The minimum absolute atomic E-state index is 0.887. The first kappa shape index (κ1) is 9.30. The lowest BCUT2D eigenvalue weighted by Crippen LogP contribution is -1.83. The summed E-state index contributed by atoms with van der Waals surface area (Å²) in [6, 6.07) is 1.96. The normalized spacial score (nSPS) is 10.3. The van der Waals surface area contributed by atoms with E-state index in [1.807, 2.05) is 11.4 Å². The quantitative estimate of drug-likeness (QED) is 0.800. The van der Waals surface area contributed by atoms with E-state index < -0.39 is 0 Å². The van der Waals surface area contributed by atoms with Crippen LogP contribution in [0.2, 0.25) is 0 Å². The van der Waals surface area contributed by atoms with Gasteiger partial charge in [0.05, 0.1) is 0 Å². The minimum Gasteiger partial charge on any atom is -0.251 e. The van der Waals surface area contributed by atoms with Gasteiger partial charge < -0.3 is 0 Å². The number of thiazole rings is 1. The molecular weight excluding hydrogens is 316 g/mol. The first-order chi connectivity index (χ1) is 6.27. The number of pyridine rings is 1. The maximum Gasteiger partial charge on any atom is 0.142 e. The highest BCUT2D eigenvalue weighted by Crippen LogP contribution is 2.29. The Balaban J connectivity index is 2.53. The summed E-state index contributed by atoms with van der Waals surface area (Å²) in [6.07, 6.45) is 3.54. The van der Waals surface area contributed by atoms with Crippen molar-refractivity contribution in [2.24, 2.45) is 0 Å². The first-order valence-corrected chi connectivity index (χ1v) is 5.95. The van der Waals surface area contributed by atoms with Crippen LogP contribution < -0.4 is 0 Å². The molecule has 0 bridgehead atoms. The smallest absolute Gasteiger partial charge is 0.142 e. The van der Waals surface area contributed by atoms with Gasteiger partial charge in [-0.2, -0.15) is 0 Å². The summed E-state index contributed by atoms with van der Waals surface area (Å²) in [5.41, 5.74) is 0.887. The number of rotatable bonds is 1. The van der Waals surface area contributed by atoms with Crippen molar-refractivity contribution in [2.75, 3.05) is 0 Å². The zero-order valence-corrected chi connectivity index (χ0v) is 10.4. The molecule has 0 spiro atoms. The maximum atomic E-state index is 4.27. The summed E-state index contributed by atoms with van der Waals surface area (Å²) in [5.74, 6) is 0. The fourth-order valence-electron chi connectivity index (χ4n) is 0.912. The van der Waals surface area contributed by atoms with Crippen LogP contribution in [-0.2, 0) is 0 Å². The van der Waals surface area contributed by atoms with E-state index in [9.17, 15) is 0 Å². The van der Waals surface area contributed by atoms with Crippen LogP contribution in [-0.4, -0.2) is 9.97 Å². The third kappa shape index (κ3) is 1.98. The monoisotopic (exact) mass is 318 g/mol. The molecule has 0 fully saturated rings. The molecule has 0 radical (unpaired) electrons. The number of halogens is 2. The molecule has 0 N–H and O–H groups in total. The molecule has 2 heterocycles. The molecule has 66 valence electrons. The van der Waals surface area contributed by atoms with Crippen molar-refractivity contribution in [2.45, 2.75) is 0 Å². The number of aromatic nitrogens is 2. The Bertz CT molecular complexity index is 414. The van der Waals surface area contributed by atoms with Crippen LogP contribution in [0, 0.1) is 0 Å². The van der Waals surface area contributed by atoms with Crippen molar-refractivity contribution in [1.29, 1.82) is 0 Å². The lowest BCUT2D eigenvalue weighted by molar-refractivity contribution is 1.26. The summed E-state index contributed by atoms with van der Waals surface area (Å²) in [5, 5.41) is 2.87. The average molecular weight is 320 g/mol.